The summed E-state index contributed by atoms with van der Waals surface area (Å²) in [5.41, 5.74) is 0.747. The van der Waals surface area contributed by atoms with E-state index in [0.29, 0.717) is 5.82 Å². The molecule has 7 heteroatoms. The Morgan fingerprint density at radius 3 is 2.80 bits per heavy atom. The van der Waals surface area contributed by atoms with E-state index in [0.717, 1.165) is 35.1 Å². The minimum Gasteiger partial charge on any atom is -0.368 e. The molecule has 0 spiro atoms. The van der Waals surface area contributed by atoms with Crippen molar-refractivity contribution in [2.75, 3.05) is 29.9 Å². The lowest BCUT2D eigenvalue weighted by Gasteiger charge is -2.27. The molecule has 0 radical (unpaired) electrons. The number of anilines is 2. The van der Waals surface area contributed by atoms with E-state index < -0.39 is 11.7 Å². The van der Waals surface area contributed by atoms with E-state index in [-0.39, 0.29) is 10.6 Å². The molecule has 4 rings (SSSR count). The molecule has 2 unspecified atom stereocenters. The summed E-state index contributed by atoms with van der Waals surface area (Å²) in [5, 5.41) is 0.0953. The molecule has 1 amide bonds. The van der Waals surface area contributed by atoms with Gasteiger partial charge in [-0.25, -0.2) is 9.37 Å². The largest absolute Gasteiger partial charge is 0.368 e. The second kappa shape index (κ2) is 6.25. The Hall–Kier alpha value is -1.66. The number of pyridine rings is 1. The summed E-state index contributed by atoms with van der Waals surface area (Å²) in [6.45, 7) is 1.94. The number of halogens is 3. The van der Waals surface area contributed by atoms with Crippen LogP contribution in [0.25, 0.3) is 0 Å². The zero-order valence-corrected chi connectivity index (χ0v) is 15.9. The zero-order valence-electron chi connectivity index (χ0n) is 13.5. The number of piperidine rings is 1. The zero-order chi connectivity index (χ0) is 17.7. The molecule has 1 saturated heterocycles. The Bertz CT molecular complexity index is 832. The number of amides is 1. The highest BCUT2D eigenvalue weighted by molar-refractivity contribution is 9.10. The van der Waals surface area contributed by atoms with Crippen molar-refractivity contribution < 1.29 is 9.18 Å². The first kappa shape index (κ1) is 16.8. The third-order valence-electron chi connectivity index (χ3n) is 4.93. The minimum absolute atomic E-state index is 0.0953. The van der Waals surface area contributed by atoms with Crippen molar-refractivity contribution in [2.24, 2.45) is 11.8 Å². The standard InChI is InChI=1S/C18H16BrClFN3O/c1-23(18(25)16-13(20)3-2-4-14(16)21)17-15(6-12(19)7-22-17)24-8-10-5-11(10)9-24/h2-4,6-7,10-11H,5,8-9H2,1H3. The van der Waals surface area contributed by atoms with Gasteiger partial charge in [0.05, 0.1) is 16.3 Å². The van der Waals surface area contributed by atoms with Crippen molar-refractivity contribution in [2.45, 2.75) is 6.42 Å². The third kappa shape index (κ3) is 3.02. The van der Waals surface area contributed by atoms with Crippen molar-refractivity contribution in [3.05, 3.63) is 51.3 Å². The van der Waals surface area contributed by atoms with E-state index in [1.165, 1.54) is 29.5 Å². The van der Waals surface area contributed by atoms with Crippen molar-refractivity contribution in [1.82, 2.24) is 4.98 Å². The van der Waals surface area contributed by atoms with Crippen LogP contribution in [0.4, 0.5) is 15.9 Å². The monoisotopic (exact) mass is 423 g/mol. The Labute approximate surface area is 158 Å². The molecule has 1 aliphatic heterocycles. The number of aromatic nitrogens is 1. The van der Waals surface area contributed by atoms with E-state index in [1.54, 1.807) is 13.2 Å². The van der Waals surface area contributed by atoms with Crippen LogP contribution >= 0.6 is 27.5 Å². The molecule has 0 bridgehead atoms. The number of hydrogen-bond acceptors (Lipinski definition) is 3. The SMILES string of the molecule is CN(C(=O)c1c(F)cccc1Cl)c1ncc(Br)cc1N1CC2CC2C1. The molecule has 0 N–H and O–H groups in total. The van der Waals surface area contributed by atoms with Crippen LogP contribution in [0, 0.1) is 17.7 Å². The van der Waals surface area contributed by atoms with Crippen LogP contribution in [0.15, 0.2) is 34.9 Å². The maximum absolute atomic E-state index is 14.1. The summed E-state index contributed by atoms with van der Waals surface area (Å²) in [4.78, 5) is 20.9. The van der Waals surface area contributed by atoms with Gasteiger partial charge in [-0.1, -0.05) is 17.7 Å². The summed E-state index contributed by atoms with van der Waals surface area (Å²) in [6.07, 6.45) is 2.93. The molecule has 2 heterocycles. The van der Waals surface area contributed by atoms with E-state index in [2.05, 4.69) is 25.8 Å². The molecular formula is C18H16BrClFN3O. The number of rotatable bonds is 3. The maximum Gasteiger partial charge on any atom is 0.263 e. The molecule has 1 saturated carbocycles. The summed E-state index contributed by atoms with van der Waals surface area (Å²) < 4.78 is 15.0. The lowest BCUT2D eigenvalue weighted by atomic mass is 10.2. The average Bonchev–Trinajstić information content (AvgIpc) is 3.19. The fraction of sp³-hybridized carbons (Fsp3) is 0.333. The second-order valence-corrected chi connectivity index (χ2v) is 7.94. The predicted molar refractivity (Wildman–Crippen MR) is 99.9 cm³/mol. The molecule has 130 valence electrons. The summed E-state index contributed by atoms with van der Waals surface area (Å²) in [6, 6.07) is 6.18. The van der Waals surface area contributed by atoms with Gasteiger partial charge in [-0.05, 0) is 52.4 Å². The van der Waals surface area contributed by atoms with Crippen molar-refractivity contribution in [3.63, 3.8) is 0 Å². The fourth-order valence-corrected chi connectivity index (χ4v) is 4.04. The van der Waals surface area contributed by atoms with E-state index >= 15 is 0 Å². The van der Waals surface area contributed by atoms with Crippen LogP contribution in [0.2, 0.25) is 5.02 Å². The van der Waals surface area contributed by atoms with Crippen LogP contribution in [0.3, 0.4) is 0 Å². The molecule has 2 atom stereocenters. The van der Waals surface area contributed by atoms with Crippen molar-refractivity contribution in [3.8, 4) is 0 Å². The molecule has 25 heavy (non-hydrogen) atoms. The summed E-state index contributed by atoms with van der Waals surface area (Å²) in [7, 11) is 1.60. The van der Waals surface area contributed by atoms with Gasteiger partial charge in [0.1, 0.15) is 5.82 Å². The van der Waals surface area contributed by atoms with Gasteiger partial charge in [-0.2, -0.15) is 0 Å². The fourth-order valence-electron chi connectivity index (χ4n) is 3.47. The first-order valence-electron chi connectivity index (χ1n) is 8.08. The number of carbonyl (C=O) groups is 1. The first-order chi connectivity index (χ1) is 12.0. The van der Waals surface area contributed by atoms with E-state index in [4.69, 9.17) is 11.6 Å². The molecule has 2 aliphatic rings. The Morgan fingerprint density at radius 2 is 2.12 bits per heavy atom. The Kier molecular flexibility index (Phi) is 4.20. The Balaban J connectivity index is 1.70. The Morgan fingerprint density at radius 1 is 1.40 bits per heavy atom. The lowest BCUT2D eigenvalue weighted by molar-refractivity contribution is 0.0988. The molecule has 1 aliphatic carbocycles. The molecular weight excluding hydrogens is 409 g/mol. The number of benzene rings is 1. The van der Waals surface area contributed by atoms with Crippen LogP contribution in [-0.4, -0.2) is 31.0 Å². The molecule has 1 aromatic carbocycles. The molecule has 1 aromatic heterocycles. The summed E-state index contributed by atoms with van der Waals surface area (Å²) in [5.74, 6) is 0.852. The second-order valence-electron chi connectivity index (χ2n) is 6.62. The number of carbonyl (C=O) groups excluding carboxylic acids is 1. The molecule has 4 nitrogen and oxygen atoms in total. The van der Waals surface area contributed by atoms with Crippen molar-refractivity contribution >= 4 is 44.9 Å². The van der Waals surface area contributed by atoms with Crippen LogP contribution in [0.5, 0.6) is 0 Å². The van der Waals surface area contributed by atoms with Crippen LogP contribution in [-0.2, 0) is 0 Å². The third-order valence-corrected chi connectivity index (χ3v) is 5.68. The van der Waals surface area contributed by atoms with Gasteiger partial charge < -0.3 is 4.90 Å². The maximum atomic E-state index is 14.1. The van der Waals surface area contributed by atoms with Gasteiger partial charge in [0.2, 0.25) is 0 Å². The molecule has 2 fully saturated rings. The van der Waals surface area contributed by atoms with E-state index in [1.807, 2.05) is 6.07 Å². The van der Waals surface area contributed by atoms with Gasteiger partial charge in [0.25, 0.3) is 5.91 Å². The van der Waals surface area contributed by atoms with Gasteiger partial charge in [-0.15, -0.1) is 0 Å². The van der Waals surface area contributed by atoms with Crippen LogP contribution < -0.4 is 9.80 Å². The topological polar surface area (TPSA) is 36.4 Å². The number of nitrogens with zero attached hydrogens (tertiary/aromatic N) is 3. The first-order valence-corrected chi connectivity index (χ1v) is 9.25. The highest BCUT2D eigenvalue weighted by atomic mass is 79.9. The van der Waals surface area contributed by atoms with Gasteiger partial charge in [-0.3, -0.25) is 9.69 Å². The quantitative estimate of drug-likeness (QED) is 0.734. The van der Waals surface area contributed by atoms with Gasteiger partial charge in [0, 0.05) is 30.8 Å². The van der Waals surface area contributed by atoms with Gasteiger partial charge in [0.15, 0.2) is 5.82 Å². The summed E-state index contributed by atoms with van der Waals surface area (Å²) >= 11 is 9.50. The number of hydrogen-bond donors (Lipinski definition) is 0. The van der Waals surface area contributed by atoms with Crippen molar-refractivity contribution in [1.29, 1.82) is 0 Å². The highest BCUT2D eigenvalue weighted by Crippen LogP contribution is 2.47. The van der Waals surface area contributed by atoms with E-state index in [9.17, 15) is 9.18 Å². The minimum atomic E-state index is -0.634. The van der Waals surface area contributed by atoms with Gasteiger partial charge >= 0.3 is 0 Å². The highest BCUT2D eigenvalue weighted by Gasteiger charge is 2.46. The predicted octanol–water partition coefficient (Wildman–Crippen LogP) is 4.37. The average molecular weight is 425 g/mol. The smallest absolute Gasteiger partial charge is 0.263 e. The normalized spacial score (nSPS) is 21.2. The lowest BCUT2D eigenvalue weighted by Crippen LogP contribution is -2.31. The molecule has 2 aromatic rings. The van der Waals surface area contributed by atoms with Crippen LogP contribution in [0.1, 0.15) is 16.8 Å². The number of fused-ring (bicyclic) bond motifs is 1.